The topological polar surface area (TPSA) is 76.9 Å². The summed E-state index contributed by atoms with van der Waals surface area (Å²) >= 11 is 0. The van der Waals surface area contributed by atoms with Gasteiger partial charge in [0.15, 0.2) is 0 Å². The minimum Gasteiger partial charge on any atom is -0.494 e. The number of hydrogen-bond acceptors (Lipinski definition) is 3. The average molecular weight is 162 g/mol. The van der Waals surface area contributed by atoms with Gasteiger partial charge in [-0.2, -0.15) is 5.26 Å². The van der Waals surface area contributed by atoms with Gasteiger partial charge in [0.2, 0.25) is 5.88 Å². The third kappa shape index (κ3) is 0.974. The monoisotopic (exact) mass is 162 g/mol. The van der Waals surface area contributed by atoms with E-state index in [4.69, 9.17) is 10.4 Å². The van der Waals surface area contributed by atoms with Gasteiger partial charge < -0.3 is 5.11 Å². The van der Waals surface area contributed by atoms with Gasteiger partial charge in [-0.05, 0) is 0 Å². The maximum atomic E-state index is 10.9. The number of aromatic amines is 1. The Morgan fingerprint density at radius 1 is 1.42 bits per heavy atom. The van der Waals surface area contributed by atoms with E-state index in [9.17, 15) is 4.79 Å². The zero-order chi connectivity index (χ0) is 9.30. The van der Waals surface area contributed by atoms with E-state index in [1.54, 1.807) is 6.07 Å². The second-order valence-corrected chi connectivity index (χ2v) is 2.25. The molecular formula is C8H6N2O2. The van der Waals surface area contributed by atoms with E-state index in [0.717, 1.165) is 0 Å². The summed E-state index contributed by atoms with van der Waals surface area (Å²) < 4.78 is 0. The van der Waals surface area contributed by atoms with Gasteiger partial charge in [-0.15, -0.1) is 0 Å². The highest BCUT2D eigenvalue weighted by Crippen LogP contribution is 2.00. The lowest BCUT2D eigenvalue weighted by atomic mass is 10.2. The molecule has 0 saturated heterocycles. The molecule has 4 nitrogen and oxygen atoms in total. The van der Waals surface area contributed by atoms with E-state index in [0.29, 0.717) is 0 Å². The number of nitrogens with one attached hydrogen (secondary N) is 1. The molecule has 60 valence electrons. The lowest BCUT2D eigenvalue weighted by Gasteiger charge is -1.94. The van der Waals surface area contributed by atoms with E-state index in [-0.39, 0.29) is 16.0 Å². The van der Waals surface area contributed by atoms with E-state index < -0.39 is 11.4 Å². The van der Waals surface area contributed by atoms with Crippen molar-refractivity contribution in [1.29, 1.82) is 5.26 Å². The average Bonchev–Trinajstić information content (AvgIpc) is 2.01. The van der Waals surface area contributed by atoms with Crippen molar-refractivity contribution in [3.05, 3.63) is 26.4 Å². The molecule has 1 aromatic rings. The SMILES string of the molecule is C=c1c(C#N)c(O)[nH]c(=O)c1=C. The van der Waals surface area contributed by atoms with Crippen LogP contribution in [0.2, 0.25) is 0 Å². The van der Waals surface area contributed by atoms with Crippen LogP contribution in [0.5, 0.6) is 5.88 Å². The maximum absolute atomic E-state index is 10.9. The molecule has 0 aliphatic rings. The first-order chi connectivity index (χ1) is 5.57. The third-order valence-electron chi connectivity index (χ3n) is 1.52. The second-order valence-electron chi connectivity index (χ2n) is 2.25. The second kappa shape index (κ2) is 2.55. The summed E-state index contributed by atoms with van der Waals surface area (Å²) in [5.74, 6) is -0.458. The Bertz CT molecular complexity index is 508. The summed E-state index contributed by atoms with van der Waals surface area (Å²) in [6.07, 6.45) is 0. The molecule has 0 bridgehead atoms. The Labute approximate surface area is 67.7 Å². The largest absolute Gasteiger partial charge is 0.494 e. The zero-order valence-electron chi connectivity index (χ0n) is 6.22. The number of pyridine rings is 1. The number of nitriles is 1. The van der Waals surface area contributed by atoms with Crippen LogP contribution in [-0.4, -0.2) is 10.1 Å². The van der Waals surface area contributed by atoms with E-state index in [1.807, 2.05) is 0 Å². The van der Waals surface area contributed by atoms with Crippen LogP contribution in [0.15, 0.2) is 4.79 Å². The van der Waals surface area contributed by atoms with Gasteiger partial charge in [-0.1, -0.05) is 13.2 Å². The van der Waals surface area contributed by atoms with Gasteiger partial charge in [0.1, 0.15) is 11.6 Å². The lowest BCUT2D eigenvalue weighted by Crippen LogP contribution is -2.40. The zero-order valence-corrected chi connectivity index (χ0v) is 6.22. The molecule has 0 atom stereocenters. The van der Waals surface area contributed by atoms with Crippen molar-refractivity contribution < 1.29 is 5.11 Å². The Kier molecular flexibility index (Phi) is 1.72. The van der Waals surface area contributed by atoms with Crippen molar-refractivity contribution in [1.82, 2.24) is 4.98 Å². The molecule has 0 unspecified atom stereocenters. The van der Waals surface area contributed by atoms with Crippen molar-refractivity contribution in [2.45, 2.75) is 0 Å². The minimum absolute atomic E-state index is 0.0420. The fraction of sp³-hybridized carbons (Fsp3) is 0. The standard InChI is InChI=1S/C8H6N2O2/c1-4-5(2)7(11)10-8(12)6(4)3-9/h12H,1-2H2,(H,10,11). The molecule has 1 heterocycles. The fourth-order valence-electron chi connectivity index (χ4n) is 0.797. The molecule has 0 aliphatic carbocycles. The van der Waals surface area contributed by atoms with Crippen LogP contribution in [0, 0.1) is 11.3 Å². The Morgan fingerprint density at radius 2 is 2.00 bits per heavy atom. The van der Waals surface area contributed by atoms with E-state index in [1.165, 1.54) is 0 Å². The van der Waals surface area contributed by atoms with Crippen molar-refractivity contribution in [3.63, 3.8) is 0 Å². The van der Waals surface area contributed by atoms with Crippen molar-refractivity contribution in [2.24, 2.45) is 0 Å². The summed E-state index contributed by atoms with van der Waals surface area (Å²) in [5.41, 5.74) is -0.573. The summed E-state index contributed by atoms with van der Waals surface area (Å²) in [6, 6.07) is 1.71. The van der Waals surface area contributed by atoms with Crippen molar-refractivity contribution in [2.75, 3.05) is 0 Å². The summed E-state index contributed by atoms with van der Waals surface area (Å²) in [6.45, 7) is 6.85. The molecule has 0 amide bonds. The van der Waals surface area contributed by atoms with Crippen molar-refractivity contribution >= 4 is 13.2 Å². The first kappa shape index (κ1) is 8.08. The highest BCUT2D eigenvalue weighted by atomic mass is 16.3. The van der Waals surface area contributed by atoms with Crippen LogP contribution in [0.25, 0.3) is 13.2 Å². The molecule has 12 heavy (non-hydrogen) atoms. The van der Waals surface area contributed by atoms with Crippen LogP contribution in [0.1, 0.15) is 5.56 Å². The molecule has 0 aromatic carbocycles. The van der Waals surface area contributed by atoms with Gasteiger partial charge in [-0.3, -0.25) is 9.78 Å². The Balaban J connectivity index is 3.92. The smallest absolute Gasteiger partial charge is 0.258 e. The number of aromatic hydroxyl groups is 1. The molecular weight excluding hydrogens is 156 g/mol. The minimum atomic E-state index is -0.531. The number of H-pyrrole nitrogens is 1. The summed E-state index contributed by atoms with van der Waals surface area (Å²) in [7, 11) is 0. The third-order valence-corrected chi connectivity index (χ3v) is 1.52. The molecule has 0 aliphatic heterocycles. The van der Waals surface area contributed by atoms with Crippen LogP contribution in [0.3, 0.4) is 0 Å². The number of nitrogens with zero attached hydrogens (tertiary/aromatic N) is 1. The van der Waals surface area contributed by atoms with Crippen LogP contribution in [0.4, 0.5) is 0 Å². The lowest BCUT2D eigenvalue weighted by molar-refractivity contribution is 0.449. The molecule has 4 heteroatoms. The normalized spacial score (nSPS) is 9.25. The molecule has 2 N–H and O–H groups in total. The summed E-state index contributed by atoms with van der Waals surface area (Å²) in [4.78, 5) is 13.0. The first-order valence-electron chi connectivity index (χ1n) is 3.11. The number of rotatable bonds is 0. The van der Waals surface area contributed by atoms with E-state index >= 15 is 0 Å². The molecule has 1 rings (SSSR count). The first-order valence-corrected chi connectivity index (χ1v) is 3.11. The molecule has 0 fully saturated rings. The van der Waals surface area contributed by atoms with Gasteiger partial charge in [0, 0.05) is 10.4 Å². The fourth-order valence-corrected chi connectivity index (χ4v) is 0.797. The van der Waals surface area contributed by atoms with Gasteiger partial charge in [-0.25, -0.2) is 0 Å². The van der Waals surface area contributed by atoms with Crippen LogP contribution >= 0.6 is 0 Å². The van der Waals surface area contributed by atoms with Crippen molar-refractivity contribution in [3.8, 4) is 11.9 Å². The van der Waals surface area contributed by atoms with Crippen LogP contribution < -0.4 is 16.0 Å². The Morgan fingerprint density at radius 3 is 2.50 bits per heavy atom. The van der Waals surface area contributed by atoms with Gasteiger partial charge >= 0.3 is 0 Å². The summed E-state index contributed by atoms with van der Waals surface area (Å²) in [5, 5.41) is 17.8. The molecule has 0 radical (unpaired) electrons. The van der Waals surface area contributed by atoms with Gasteiger partial charge in [0.05, 0.1) is 0 Å². The number of hydrogen-bond donors (Lipinski definition) is 2. The predicted molar refractivity (Wildman–Crippen MR) is 43.7 cm³/mol. The number of aromatic nitrogens is 1. The molecule has 1 aromatic heterocycles. The molecule has 0 spiro atoms. The van der Waals surface area contributed by atoms with Crippen LogP contribution in [-0.2, 0) is 0 Å². The molecule has 0 saturated carbocycles. The Hall–Kier alpha value is -2.02. The highest BCUT2D eigenvalue weighted by Gasteiger charge is 2.03. The maximum Gasteiger partial charge on any atom is 0.258 e. The highest BCUT2D eigenvalue weighted by molar-refractivity contribution is 5.40. The predicted octanol–water partition coefficient (Wildman–Crippen LogP) is -1.23. The quantitative estimate of drug-likeness (QED) is 0.501. The van der Waals surface area contributed by atoms with E-state index in [2.05, 4.69) is 18.1 Å². The van der Waals surface area contributed by atoms with Gasteiger partial charge in [0.25, 0.3) is 5.56 Å².